The Morgan fingerprint density at radius 2 is 1.86 bits per heavy atom. The number of alkyl halides is 3. The van der Waals surface area contributed by atoms with Crippen molar-refractivity contribution in [2.24, 2.45) is 5.92 Å². The summed E-state index contributed by atoms with van der Waals surface area (Å²) >= 11 is 0. The molecule has 1 fully saturated rings. The fourth-order valence-electron chi connectivity index (χ4n) is 3.78. The summed E-state index contributed by atoms with van der Waals surface area (Å²) in [5.74, 6) is -1.91. The average molecular weight is 506 g/mol. The zero-order valence-corrected chi connectivity index (χ0v) is 18.8. The van der Waals surface area contributed by atoms with Gasteiger partial charge in [-0.05, 0) is 56.2 Å². The number of nitrogens with one attached hydrogen (secondary N) is 2. The van der Waals surface area contributed by atoms with Crippen LogP contribution in [-0.4, -0.2) is 51.1 Å². The number of ether oxygens (including phenoxy) is 1. The lowest BCUT2D eigenvalue weighted by Gasteiger charge is -2.37. The molecule has 0 saturated carbocycles. The average Bonchev–Trinajstić information content (AvgIpc) is 3.29. The highest BCUT2D eigenvalue weighted by Gasteiger charge is 2.31. The monoisotopic (exact) mass is 506 g/mol. The van der Waals surface area contributed by atoms with E-state index < -0.39 is 24.0 Å². The summed E-state index contributed by atoms with van der Waals surface area (Å²) < 4.78 is 45.8. The number of carboxylic acids is 1. The number of carboxylic acid groups (broad SMARTS) is 1. The fourth-order valence-corrected chi connectivity index (χ4v) is 3.78. The molecule has 0 aliphatic carbocycles. The van der Waals surface area contributed by atoms with Crippen molar-refractivity contribution in [3.8, 4) is 5.75 Å². The summed E-state index contributed by atoms with van der Waals surface area (Å²) in [7, 11) is 0. The molecule has 1 aliphatic rings. The Labute approximate surface area is 202 Å². The van der Waals surface area contributed by atoms with Crippen molar-refractivity contribution in [1.29, 1.82) is 0 Å². The van der Waals surface area contributed by atoms with E-state index in [2.05, 4.69) is 30.6 Å². The highest BCUT2D eigenvalue weighted by atomic mass is 19.4. The molecule has 3 aromatic rings. The van der Waals surface area contributed by atoms with E-state index in [0.29, 0.717) is 36.6 Å². The van der Waals surface area contributed by atoms with Gasteiger partial charge in [0.2, 0.25) is 0 Å². The molecular weight excluding hydrogens is 485 g/mol. The van der Waals surface area contributed by atoms with Crippen LogP contribution in [-0.2, 0) is 4.79 Å². The van der Waals surface area contributed by atoms with Crippen LogP contribution in [0.2, 0.25) is 0 Å². The molecule has 3 N–H and O–H groups in total. The highest BCUT2D eigenvalue weighted by Crippen LogP contribution is 2.28. The number of pyridine rings is 1. The van der Waals surface area contributed by atoms with E-state index in [9.17, 15) is 27.9 Å². The third-order valence-electron chi connectivity index (χ3n) is 5.48. The summed E-state index contributed by atoms with van der Waals surface area (Å²) in [6, 6.07) is 8.06. The summed E-state index contributed by atoms with van der Waals surface area (Å²) in [6.07, 6.45) is -2.28. The molecule has 1 aromatic carbocycles. The van der Waals surface area contributed by atoms with Crippen molar-refractivity contribution in [2.45, 2.75) is 32.2 Å². The first-order chi connectivity index (χ1) is 17.1. The second kappa shape index (κ2) is 10.1. The first-order valence-electron chi connectivity index (χ1n) is 10.8. The van der Waals surface area contributed by atoms with E-state index in [0.717, 1.165) is 12.1 Å². The van der Waals surface area contributed by atoms with Crippen LogP contribution in [0.4, 0.5) is 36.4 Å². The Morgan fingerprint density at radius 3 is 2.47 bits per heavy atom. The minimum Gasteiger partial charge on any atom is -0.481 e. The minimum atomic E-state index is -4.79. The van der Waals surface area contributed by atoms with E-state index in [1.54, 1.807) is 12.1 Å². The Morgan fingerprint density at radius 1 is 1.14 bits per heavy atom. The number of rotatable bonds is 7. The van der Waals surface area contributed by atoms with Crippen LogP contribution < -0.4 is 20.3 Å². The van der Waals surface area contributed by atoms with Crippen molar-refractivity contribution in [3.63, 3.8) is 0 Å². The van der Waals surface area contributed by atoms with Gasteiger partial charge in [-0.25, -0.2) is 4.98 Å². The predicted octanol–water partition coefficient (Wildman–Crippen LogP) is 4.05. The van der Waals surface area contributed by atoms with E-state index in [-0.39, 0.29) is 23.9 Å². The van der Waals surface area contributed by atoms with Gasteiger partial charge in [0.15, 0.2) is 0 Å². The molecule has 3 heterocycles. The van der Waals surface area contributed by atoms with Gasteiger partial charge >= 0.3 is 30.1 Å². The summed E-state index contributed by atoms with van der Waals surface area (Å²) in [4.78, 5) is 30.0. The standard InChI is InChI=1S/C22H21F3N6O5/c1-12-10-13(20(33)34)8-9-31(12)17-7-4-15(11-26-17)27-18(32)19-29-30-21(35-19)28-14-2-5-16(6-3-14)36-22(23,24)25/h2-7,11-13H,8-10H2,1H3,(H,27,32)(H,28,30)(H,33,34). The second-order valence-electron chi connectivity index (χ2n) is 8.07. The predicted molar refractivity (Wildman–Crippen MR) is 120 cm³/mol. The van der Waals surface area contributed by atoms with E-state index in [4.69, 9.17) is 4.42 Å². The van der Waals surface area contributed by atoms with Crippen LogP contribution in [0.5, 0.6) is 5.75 Å². The molecule has 190 valence electrons. The third kappa shape index (κ3) is 6.20. The topological polar surface area (TPSA) is 143 Å². The van der Waals surface area contributed by atoms with Gasteiger partial charge in [-0.15, -0.1) is 18.3 Å². The fraction of sp³-hybridized carbons (Fsp3) is 0.318. The third-order valence-corrected chi connectivity index (χ3v) is 5.48. The maximum absolute atomic E-state index is 12.4. The Kier molecular flexibility index (Phi) is 6.94. The molecule has 1 aliphatic heterocycles. The summed E-state index contributed by atoms with van der Waals surface area (Å²) in [6.45, 7) is 2.50. The number of carbonyl (C=O) groups is 2. The van der Waals surface area contributed by atoms with Crippen molar-refractivity contribution in [1.82, 2.24) is 15.2 Å². The number of carbonyl (C=O) groups excluding carboxylic acids is 1. The lowest BCUT2D eigenvalue weighted by molar-refractivity contribution is -0.274. The number of aromatic nitrogens is 3. The van der Waals surface area contributed by atoms with Crippen LogP contribution in [0.3, 0.4) is 0 Å². The summed E-state index contributed by atoms with van der Waals surface area (Å²) in [5.41, 5.74) is 0.714. The lowest BCUT2D eigenvalue weighted by Crippen LogP contribution is -2.43. The maximum atomic E-state index is 12.4. The molecule has 0 spiro atoms. The Balaban J connectivity index is 1.32. The Bertz CT molecular complexity index is 1220. The quantitative estimate of drug-likeness (QED) is 0.429. The highest BCUT2D eigenvalue weighted by molar-refractivity contribution is 6.00. The summed E-state index contributed by atoms with van der Waals surface area (Å²) in [5, 5.41) is 21.8. The van der Waals surface area contributed by atoms with Gasteiger partial charge in [0.05, 0.1) is 17.8 Å². The number of hydrogen-bond donors (Lipinski definition) is 3. The van der Waals surface area contributed by atoms with Gasteiger partial charge in [-0.2, -0.15) is 0 Å². The molecule has 1 amide bonds. The van der Waals surface area contributed by atoms with Gasteiger partial charge in [0.25, 0.3) is 0 Å². The molecule has 36 heavy (non-hydrogen) atoms. The maximum Gasteiger partial charge on any atom is 0.573 e. The smallest absolute Gasteiger partial charge is 0.481 e. The molecule has 0 bridgehead atoms. The molecule has 2 unspecified atom stereocenters. The van der Waals surface area contributed by atoms with Crippen molar-refractivity contribution < 1.29 is 37.0 Å². The Hall–Kier alpha value is -4.36. The molecular formula is C22H21F3N6O5. The largest absolute Gasteiger partial charge is 0.573 e. The number of aliphatic carboxylic acids is 1. The van der Waals surface area contributed by atoms with Crippen LogP contribution in [0.1, 0.15) is 30.5 Å². The number of piperidine rings is 1. The van der Waals surface area contributed by atoms with Gasteiger partial charge in [-0.3, -0.25) is 9.59 Å². The number of nitrogens with zero attached hydrogens (tertiary/aromatic N) is 4. The number of benzene rings is 1. The van der Waals surface area contributed by atoms with Crippen molar-refractivity contribution >= 4 is 35.1 Å². The SMILES string of the molecule is CC1CC(C(=O)O)CCN1c1ccc(NC(=O)c2nnc(Nc3ccc(OC(F)(F)F)cc3)o2)cn1. The zero-order valence-electron chi connectivity index (χ0n) is 18.8. The van der Waals surface area contributed by atoms with Gasteiger partial charge < -0.3 is 29.8 Å². The van der Waals surface area contributed by atoms with E-state index in [1.807, 2.05) is 11.8 Å². The molecule has 2 aromatic heterocycles. The van der Waals surface area contributed by atoms with Crippen molar-refractivity contribution in [3.05, 3.63) is 48.5 Å². The van der Waals surface area contributed by atoms with E-state index in [1.165, 1.54) is 18.3 Å². The lowest BCUT2D eigenvalue weighted by atomic mass is 9.92. The van der Waals surface area contributed by atoms with Crippen LogP contribution in [0.25, 0.3) is 0 Å². The van der Waals surface area contributed by atoms with Crippen molar-refractivity contribution in [2.75, 3.05) is 22.1 Å². The minimum absolute atomic E-state index is 0.00507. The molecule has 1 saturated heterocycles. The zero-order chi connectivity index (χ0) is 25.9. The van der Waals surface area contributed by atoms with E-state index >= 15 is 0 Å². The number of amides is 1. The van der Waals surface area contributed by atoms with Crippen LogP contribution in [0.15, 0.2) is 47.0 Å². The number of hydrogen-bond acceptors (Lipinski definition) is 9. The normalized spacial score (nSPS) is 17.9. The van der Waals surface area contributed by atoms with Crippen LogP contribution >= 0.6 is 0 Å². The second-order valence-corrected chi connectivity index (χ2v) is 8.07. The van der Waals surface area contributed by atoms with Gasteiger partial charge in [0.1, 0.15) is 11.6 Å². The van der Waals surface area contributed by atoms with Gasteiger partial charge in [-0.1, -0.05) is 5.10 Å². The van der Waals surface area contributed by atoms with Crippen LogP contribution in [0, 0.1) is 5.92 Å². The first-order valence-corrected chi connectivity index (χ1v) is 10.8. The number of anilines is 4. The molecule has 2 atom stereocenters. The number of halogens is 3. The first kappa shape index (κ1) is 24.8. The molecule has 4 rings (SSSR count). The molecule has 0 radical (unpaired) electrons. The van der Waals surface area contributed by atoms with Gasteiger partial charge in [0, 0.05) is 18.3 Å². The molecule has 11 nitrogen and oxygen atoms in total. The molecule has 14 heteroatoms.